The fraction of sp³-hybridized carbons (Fsp3) is 0.250. The van der Waals surface area contributed by atoms with E-state index >= 15 is 0 Å². The summed E-state index contributed by atoms with van der Waals surface area (Å²) in [5, 5.41) is 8.57. The molecule has 0 saturated heterocycles. The van der Waals surface area contributed by atoms with Crippen molar-refractivity contribution in [3.8, 4) is 0 Å². The Morgan fingerprint density at radius 2 is 2.33 bits per heavy atom. The van der Waals surface area contributed by atoms with Gasteiger partial charge in [0, 0.05) is 0 Å². The van der Waals surface area contributed by atoms with Gasteiger partial charge in [0.25, 0.3) is 0 Å². The van der Waals surface area contributed by atoms with Crippen LogP contribution in [0.4, 0.5) is 4.39 Å². The summed E-state index contributed by atoms with van der Waals surface area (Å²) in [7, 11) is 0. The minimum Gasteiger partial charge on any atom is -0.481 e. The molecule has 1 rings (SSSR count). The summed E-state index contributed by atoms with van der Waals surface area (Å²) in [5.41, 5.74) is 0.365. The Hall–Kier alpha value is -1.45. The third-order valence-electron chi connectivity index (χ3n) is 1.56. The third-order valence-corrected chi connectivity index (χ3v) is 1.56. The highest BCUT2D eigenvalue weighted by Crippen LogP contribution is 2.11. The minimum atomic E-state index is -0.964. The number of carboxylic acid groups (broad SMARTS) is 1. The summed E-state index contributed by atoms with van der Waals surface area (Å²) in [5.74, 6) is -2.11. The van der Waals surface area contributed by atoms with Crippen LogP contribution in [0, 0.1) is 5.82 Å². The third kappa shape index (κ3) is 1.78. The molecule has 0 aliphatic carbocycles. The van der Waals surface area contributed by atoms with Gasteiger partial charge in [0.1, 0.15) is 5.82 Å². The quantitative estimate of drug-likeness (QED) is 0.728. The van der Waals surface area contributed by atoms with Crippen molar-refractivity contribution < 1.29 is 14.3 Å². The van der Waals surface area contributed by atoms with Gasteiger partial charge in [-0.25, -0.2) is 4.39 Å². The Kier molecular flexibility index (Phi) is 2.38. The normalized spacial score (nSPS) is 12.5. The molecule has 0 radical (unpaired) electrons. The molecule has 0 spiro atoms. The molecule has 12 heavy (non-hydrogen) atoms. The van der Waals surface area contributed by atoms with Crippen molar-refractivity contribution >= 4 is 5.97 Å². The lowest BCUT2D eigenvalue weighted by atomic mass is 10.1. The number of carbonyl (C=O) groups is 1. The molecular weight excluding hydrogens is 161 g/mol. The van der Waals surface area contributed by atoms with Crippen molar-refractivity contribution in [2.75, 3.05) is 0 Å². The van der Waals surface area contributed by atoms with Crippen molar-refractivity contribution in [1.82, 2.24) is 4.98 Å². The monoisotopic (exact) mass is 169 g/mol. The van der Waals surface area contributed by atoms with Gasteiger partial charge < -0.3 is 5.11 Å². The van der Waals surface area contributed by atoms with Crippen LogP contribution in [0.5, 0.6) is 0 Å². The highest BCUT2D eigenvalue weighted by Gasteiger charge is 2.14. The van der Waals surface area contributed by atoms with Crippen molar-refractivity contribution in [3.05, 3.63) is 29.8 Å². The number of aliphatic carboxylic acids is 1. The van der Waals surface area contributed by atoms with Crippen molar-refractivity contribution in [1.29, 1.82) is 0 Å². The molecule has 0 aliphatic heterocycles. The fourth-order valence-corrected chi connectivity index (χ4v) is 0.770. The molecule has 1 aromatic rings. The average molecular weight is 169 g/mol. The second-order valence-electron chi connectivity index (χ2n) is 2.46. The molecule has 1 aromatic heterocycles. The maximum absolute atomic E-state index is 12.3. The Morgan fingerprint density at radius 3 is 2.75 bits per heavy atom. The van der Waals surface area contributed by atoms with Gasteiger partial charge >= 0.3 is 5.97 Å². The topological polar surface area (TPSA) is 50.2 Å². The van der Waals surface area contributed by atoms with Crippen LogP contribution < -0.4 is 0 Å². The zero-order valence-corrected chi connectivity index (χ0v) is 6.49. The van der Waals surface area contributed by atoms with Crippen LogP contribution in [0.3, 0.4) is 0 Å². The van der Waals surface area contributed by atoms with E-state index in [9.17, 15) is 9.18 Å². The number of halogens is 1. The molecule has 0 aliphatic rings. The van der Waals surface area contributed by atoms with E-state index in [-0.39, 0.29) is 0 Å². The van der Waals surface area contributed by atoms with Crippen LogP contribution >= 0.6 is 0 Å². The van der Waals surface area contributed by atoms with Gasteiger partial charge in [0.05, 0.1) is 17.8 Å². The maximum atomic E-state index is 12.3. The molecule has 0 bridgehead atoms. The highest BCUT2D eigenvalue weighted by molar-refractivity contribution is 5.74. The van der Waals surface area contributed by atoms with E-state index in [2.05, 4.69) is 4.98 Å². The Morgan fingerprint density at radius 1 is 1.67 bits per heavy atom. The lowest BCUT2D eigenvalue weighted by molar-refractivity contribution is -0.138. The Labute approximate surface area is 68.9 Å². The number of aromatic nitrogens is 1. The van der Waals surface area contributed by atoms with Crippen LogP contribution in [0.25, 0.3) is 0 Å². The predicted octanol–water partition coefficient (Wildman–Crippen LogP) is 1.41. The van der Waals surface area contributed by atoms with E-state index in [1.165, 1.54) is 19.1 Å². The SMILES string of the molecule is CC(C(=O)O)c1ccc(F)cn1. The summed E-state index contributed by atoms with van der Waals surface area (Å²) in [6, 6.07) is 2.57. The Bertz CT molecular complexity index is 284. The summed E-state index contributed by atoms with van der Waals surface area (Å²) in [4.78, 5) is 14.1. The van der Waals surface area contributed by atoms with Crippen molar-refractivity contribution in [2.45, 2.75) is 12.8 Å². The standard InChI is InChI=1S/C8H8FNO2/c1-5(8(11)12)7-3-2-6(9)4-10-7/h2-5H,1H3,(H,11,12). The van der Waals surface area contributed by atoms with E-state index in [0.29, 0.717) is 5.69 Å². The first-order chi connectivity index (χ1) is 5.61. The van der Waals surface area contributed by atoms with Crippen LogP contribution in [-0.4, -0.2) is 16.1 Å². The lowest BCUT2D eigenvalue weighted by Gasteiger charge is -2.03. The zero-order valence-electron chi connectivity index (χ0n) is 6.49. The number of rotatable bonds is 2. The minimum absolute atomic E-state index is 0.365. The molecule has 0 saturated carbocycles. The van der Waals surface area contributed by atoms with Gasteiger partial charge in [-0.15, -0.1) is 0 Å². The molecule has 1 atom stereocenters. The van der Waals surface area contributed by atoms with Crippen LogP contribution in [-0.2, 0) is 4.79 Å². The van der Waals surface area contributed by atoms with Gasteiger partial charge in [-0.1, -0.05) is 0 Å². The number of nitrogens with zero attached hydrogens (tertiary/aromatic N) is 1. The lowest BCUT2D eigenvalue weighted by Crippen LogP contribution is -2.08. The van der Waals surface area contributed by atoms with E-state index in [0.717, 1.165) is 6.20 Å². The summed E-state index contributed by atoms with van der Waals surface area (Å²) in [6.07, 6.45) is 1.01. The maximum Gasteiger partial charge on any atom is 0.312 e. The van der Waals surface area contributed by atoms with Crippen LogP contribution in [0.1, 0.15) is 18.5 Å². The second kappa shape index (κ2) is 3.30. The van der Waals surface area contributed by atoms with Gasteiger partial charge in [-0.3, -0.25) is 9.78 Å². The molecule has 3 nitrogen and oxygen atoms in total. The molecule has 0 fully saturated rings. The zero-order chi connectivity index (χ0) is 9.14. The van der Waals surface area contributed by atoms with E-state index < -0.39 is 17.7 Å². The molecular formula is C8H8FNO2. The number of pyridine rings is 1. The number of hydrogen-bond donors (Lipinski definition) is 1. The first-order valence-corrected chi connectivity index (χ1v) is 3.45. The summed E-state index contributed by atoms with van der Waals surface area (Å²) in [6.45, 7) is 1.50. The summed E-state index contributed by atoms with van der Waals surface area (Å²) >= 11 is 0. The van der Waals surface area contributed by atoms with Crippen LogP contribution in [0.2, 0.25) is 0 Å². The first-order valence-electron chi connectivity index (χ1n) is 3.45. The fourth-order valence-electron chi connectivity index (χ4n) is 0.770. The largest absolute Gasteiger partial charge is 0.481 e. The molecule has 1 N–H and O–H groups in total. The van der Waals surface area contributed by atoms with Gasteiger partial charge in [0.2, 0.25) is 0 Å². The van der Waals surface area contributed by atoms with Crippen LogP contribution in [0.15, 0.2) is 18.3 Å². The van der Waals surface area contributed by atoms with Gasteiger partial charge in [0.15, 0.2) is 0 Å². The number of hydrogen-bond acceptors (Lipinski definition) is 2. The predicted molar refractivity (Wildman–Crippen MR) is 40.2 cm³/mol. The van der Waals surface area contributed by atoms with E-state index in [1.807, 2.05) is 0 Å². The second-order valence-corrected chi connectivity index (χ2v) is 2.46. The van der Waals surface area contributed by atoms with Gasteiger partial charge in [-0.05, 0) is 19.1 Å². The van der Waals surface area contributed by atoms with Crippen molar-refractivity contribution in [3.63, 3.8) is 0 Å². The Balaban J connectivity index is 2.89. The average Bonchev–Trinajstić information content (AvgIpc) is 2.04. The van der Waals surface area contributed by atoms with Crippen molar-refractivity contribution in [2.24, 2.45) is 0 Å². The van der Waals surface area contributed by atoms with E-state index in [4.69, 9.17) is 5.11 Å². The van der Waals surface area contributed by atoms with E-state index in [1.54, 1.807) is 0 Å². The number of carboxylic acids is 1. The first kappa shape index (κ1) is 8.64. The molecule has 4 heteroatoms. The molecule has 1 unspecified atom stereocenters. The molecule has 64 valence electrons. The summed E-state index contributed by atoms with van der Waals surface area (Å²) < 4.78 is 12.3. The molecule has 1 heterocycles. The molecule has 0 amide bonds. The smallest absolute Gasteiger partial charge is 0.312 e. The molecule has 0 aromatic carbocycles. The highest BCUT2D eigenvalue weighted by atomic mass is 19.1. The van der Waals surface area contributed by atoms with Gasteiger partial charge in [-0.2, -0.15) is 0 Å².